The molecule has 0 spiro atoms. The van der Waals surface area contributed by atoms with Crippen molar-refractivity contribution < 1.29 is 14.3 Å². The maximum Gasteiger partial charge on any atom is 0.224 e. The highest BCUT2D eigenvalue weighted by molar-refractivity contribution is 6.32. The summed E-state index contributed by atoms with van der Waals surface area (Å²) >= 11 is 6.53. The number of pyridine rings is 2. The number of carbonyl (C=O) groups is 1. The van der Waals surface area contributed by atoms with Gasteiger partial charge in [-0.3, -0.25) is 14.8 Å². The number of nitrogens with one attached hydrogen (secondary N) is 2. The number of ether oxygens (including phenoxy) is 2. The lowest BCUT2D eigenvalue weighted by Crippen LogP contribution is -2.17. The summed E-state index contributed by atoms with van der Waals surface area (Å²) in [6, 6.07) is 14.8. The third-order valence-corrected chi connectivity index (χ3v) is 6.29. The zero-order valence-electron chi connectivity index (χ0n) is 22.7. The van der Waals surface area contributed by atoms with E-state index in [9.17, 15) is 10.1 Å². The van der Waals surface area contributed by atoms with Crippen molar-refractivity contribution >= 4 is 45.5 Å². The third-order valence-electron chi connectivity index (χ3n) is 5.99. The molecule has 0 bridgehead atoms. The maximum atomic E-state index is 12.7. The highest BCUT2D eigenvalue weighted by Crippen LogP contribution is 2.37. The summed E-state index contributed by atoms with van der Waals surface area (Å²) in [5, 5.41) is 17.2. The lowest BCUT2D eigenvalue weighted by Gasteiger charge is -2.17. The van der Waals surface area contributed by atoms with Crippen LogP contribution in [0, 0.1) is 11.3 Å². The fourth-order valence-electron chi connectivity index (χ4n) is 4.07. The van der Waals surface area contributed by atoms with Crippen molar-refractivity contribution in [2.45, 2.75) is 26.4 Å². The molecule has 2 aromatic carbocycles. The molecule has 0 radical (unpaired) electrons. The van der Waals surface area contributed by atoms with Crippen LogP contribution in [0.2, 0.25) is 5.02 Å². The molecule has 2 heterocycles. The van der Waals surface area contributed by atoms with Gasteiger partial charge in [0, 0.05) is 47.7 Å². The van der Waals surface area contributed by atoms with Gasteiger partial charge in [-0.1, -0.05) is 17.7 Å². The summed E-state index contributed by atoms with van der Waals surface area (Å²) in [6.07, 6.45) is 6.05. The van der Waals surface area contributed by atoms with Crippen molar-refractivity contribution in [2.24, 2.45) is 0 Å². The standard InChI is InChI=1S/C30H31ClN6O3/c1-4-39-28-15-25-23(14-26(28)36-29(38)8-6-12-37(2)3)30(21(16-32)18-34-25)35-22-9-10-27(24(31)13-22)40-19-20-7-5-11-33-17-20/h5,7,9-11,13-15,17-18H,4,6,8,12,19H2,1-3H3,(H,34,35)(H,36,38). The van der Waals surface area contributed by atoms with E-state index < -0.39 is 0 Å². The van der Waals surface area contributed by atoms with Crippen LogP contribution >= 0.6 is 11.6 Å². The van der Waals surface area contributed by atoms with Crippen molar-refractivity contribution in [3.05, 3.63) is 77.2 Å². The largest absolute Gasteiger partial charge is 0.492 e. The van der Waals surface area contributed by atoms with Crippen LogP contribution in [-0.2, 0) is 11.4 Å². The van der Waals surface area contributed by atoms with Gasteiger partial charge in [-0.15, -0.1) is 0 Å². The van der Waals surface area contributed by atoms with E-state index in [1.54, 1.807) is 36.7 Å². The van der Waals surface area contributed by atoms with Crippen LogP contribution in [-0.4, -0.2) is 48.0 Å². The Balaban J connectivity index is 1.62. The van der Waals surface area contributed by atoms with Gasteiger partial charge < -0.3 is 25.0 Å². The van der Waals surface area contributed by atoms with Crippen LogP contribution in [0.4, 0.5) is 17.1 Å². The molecule has 1 amide bonds. The first-order chi connectivity index (χ1) is 19.4. The SMILES string of the molecule is CCOc1cc2ncc(C#N)c(Nc3ccc(OCc4cccnc4)c(Cl)c3)c2cc1NC(=O)CCCN(C)C. The summed E-state index contributed by atoms with van der Waals surface area (Å²) in [4.78, 5) is 23.3. The summed E-state index contributed by atoms with van der Waals surface area (Å²) in [5.41, 5.74) is 3.59. The van der Waals surface area contributed by atoms with Gasteiger partial charge in [-0.05, 0) is 64.3 Å². The lowest BCUT2D eigenvalue weighted by atomic mass is 10.1. The molecule has 0 saturated heterocycles. The van der Waals surface area contributed by atoms with E-state index in [1.165, 1.54) is 6.20 Å². The molecule has 2 N–H and O–H groups in total. The van der Waals surface area contributed by atoms with Gasteiger partial charge in [0.25, 0.3) is 0 Å². The number of fused-ring (bicyclic) bond motifs is 1. The molecule has 0 saturated carbocycles. The fraction of sp³-hybridized carbons (Fsp3) is 0.267. The Bertz CT molecular complexity index is 1520. The number of nitrogens with zero attached hydrogens (tertiary/aromatic N) is 4. The zero-order chi connectivity index (χ0) is 28.5. The van der Waals surface area contributed by atoms with Gasteiger partial charge in [0.15, 0.2) is 0 Å². The lowest BCUT2D eigenvalue weighted by molar-refractivity contribution is -0.116. The summed E-state index contributed by atoms with van der Waals surface area (Å²) in [7, 11) is 3.94. The Morgan fingerprint density at radius 1 is 1.12 bits per heavy atom. The Morgan fingerprint density at radius 2 is 1.98 bits per heavy atom. The van der Waals surface area contributed by atoms with Gasteiger partial charge >= 0.3 is 0 Å². The number of nitriles is 1. The van der Waals surface area contributed by atoms with Crippen molar-refractivity contribution in [1.82, 2.24) is 14.9 Å². The average molecular weight is 559 g/mol. The van der Waals surface area contributed by atoms with E-state index in [4.69, 9.17) is 21.1 Å². The normalized spacial score (nSPS) is 10.8. The molecule has 206 valence electrons. The van der Waals surface area contributed by atoms with Crippen LogP contribution in [0.1, 0.15) is 30.9 Å². The number of anilines is 3. The second kappa shape index (κ2) is 13.6. The van der Waals surface area contributed by atoms with Crippen molar-refractivity contribution in [3.63, 3.8) is 0 Å². The van der Waals surface area contributed by atoms with Gasteiger partial charge in [-0.25, -0.2) is 0 Å². The summed E-state index contributed by atoms with van der Waals surface area (Å²) in [6.45, 7) is 3.44. The third kappa shape index (κ3) is 7.38. The number of carbonyl (C=O) groups excluding carboxylic acids is 1. The van der Waals surface area contributed by atoms with Gasteiger partial charge in [0.05, 0.1) is 34.1 Å². The molecule has 4 rings (SSSR count). The smallest absolute Gasteiger partial charge is 0.224 e. The molecule has 40 heavy (non-hydrogen) atoms. The molecule has 9 nitrogen and oxygen atoms in total. The Hall–Kier alpha value is -4.39. The maximum absolute atomic E-state index is 12.7. The molecule has 0 aliphatic heterocycles. The first kappa shape index (κ1) is 28.6. The molecule has 4 aromatic rings. The molecule has 10 heteroatoms. The van der Waals surface area contributed by atoms with Crippen LogP contribution in [0.25, 0.3) is 10.9 Å². The summed E-state index contributed by atoms with van der Waals surface area (Å²) < 4.78 is 11.7. The molecule has 2 aromatic heterocycles. The quantitative estimate of drug-likeness (QED) is 0.213. The van der Waals surface area contributed by atoms with E-state index in [1.807, 2.05) is 44.1 Å². The number of amides is 1. The van der Waals surface area contributed by atoms with E-state index in [0.29, 0.717) is 69.7 Å². The van der Waals surface area contributed by atoms with Crippen LogP contribution < -0.4 is 20.1 Å². The summed E-state index contributed by atoms with van der Waals surface area (Å²) in [5.74, 6) is 0.920. The van der Waals surface area contributed by atoms with Crippen LogP contribution in [0.3, 0.4) is 0 Å². The number of rotatable bonds is 12. The van der Waals surface area contributed by atoms with Crippen molar-refractivity contribution in [3.8, 4) is 17.6 Å². The molecule has 0 fully saturated rings. The topological polar surface area (TPSA) is 112 Å². The van der Waals surface area contributed by atoms with Crippen molar-refractivity contribution in [1.29, 1.82) is 5.26 Å². The number of hydrogen-bond donors (Lipinski definition) is 2. The molecule has 0 aliphatic carbocycles. The molecular formula is C30H31ClN6O3. The molecule has 0 aliphatic rings. The number of halogens is 1. The second-order valence-corrected chi connectivity index (χ2v) is 9.74. The van der Waals surface area contributed by atoms with Crippen molar-refractivity contribution in [2.75, 3.05) is 37.9 Å². The van der Waals surface area contributed by atoms with Gasteiger partial charge in [-0.2, -0.15) is 5.26 Å². The minimum Gasteiger partial charge on any atom is -0.492 e. The minimum atomic E-state index is -0.116. The first-order valence-electron chi connectivity index (χ1n) is 12.9. The van der Waals surface area contributed by atoms with Crippen LogP contribution in [0.5, 0.6) is 11.5 Å². The fourth-order valence-corrected chi connectivity index (χ4v) is 4.30. The Morgan fingerprint density at radius 3 is 2.67 bits per heavy atom. The minimum absolute atomic E-state index is 0.116. The average Bonchev–Trinajstić information content (AvgIpc) is 2.94. The molecule has 0 unspecified atom stereocenters. The van der Waals surface area contributed by atoms with E-state index in [2.05, 4.69) is 26.7 Å². The number of aromatic nitrogens is 2. The predicted molar refractivity (Wildman–Crippen MR) is 157 cm³/mol. The van der Waals surface area contributed by atoms with E-state index >= 15 is 0 Å². The zero-order valence-corrected chi connectivity index (χ0v) is 23.5. The highest BCUT2D eigenvalue weighted by atomic mass is 35.5. The monoisotopic (exact) mass is 558 g/mol. The second-order valence-electron chi connectivity index (χ2n) is 9.33. The van der Waals surface area contributed by atoms with E-state index in [-0.39, 0.29) is 5.91 Å². The predicted octanol–water partition coefficient (Wildman–Crippen LogP) is 6.16. The van der Waals surface area contributed by atoms with E-state index in [0.717, 1.165) is 18.5 Å². The first-order valence-corrected chi connectivity index (χ1v) is 13.3. The molecule has 0 atom stereocenters. The highest BCUT2D eigenvalue weighted by Gasteiger charge is 2.16. The van der Waals surface area contributed by atoms with Crippen LogP contribution in [0.15, 0.2) is 61.1 Å². The number of hydrogen-bond acceptors (Lipinski definition) is 8. The Labute approximate surface area is 238 Å². The van der Waals surface area contributed by atoms with Gasteiger partial charge in [0.1, 0.15) is 24.2 Å². The number of benzene rings is 2. The Kier molecular flexibility index (Phi) is 9.73. The molecular weight excluding hydrogens is 528 g/mol. The van der Waals surface area contributed by atoms with Gasteiger partial charge in [0.2, 0.25) is 5.91 Å².